The number of nitrogens with zero attached hydrogens (tertiary/aromatic N) is 7. The van der Waals surface area contributed by atoms with Crippen molar-refractivity contribution in [3.8, 4) is 11.6 Å². The lowest BCUT2D eigenvalue weighted by atomic mass is 10.1. The zero-order valence-electron chi connectivity index (χ0n) is 16.5. The van der Waals surface area contributed by atoms with Crippen LogP contribution in [-0.2, 0) is 4.79 Å². The van der Waals surface area contributed by atoms with Gasteiger partial charge in [0.05, 0.1) is 0 Å². The maximum atomic E-state index is 12.5. The third kappa shape index (κ3) is 4.50. The van der Waals surface area contributed by atoms with Gasteiger partial charge in [0.2, 0.25) is 0 Å². The van der Waals surface area contributed by atoms with Crippen molar-refractivity contribution in [3.05, 3.63) is 54.4 Å². The predicted molar refractivity (Wildman–Crippen MR) is 107 cm³/mol. The Labute approximate surface area is 169 Å². The average molecular weight is 393 g/mol. The van der Waals surface area contributed by atoms with Crippen molar-refractivity contribution in [2.24, 2.45) is 0 Å². The Morgan fingerprint density at radius 3 is 2.38 bits per heavy atom. The van der Waals surface area contributed by atoms with Crippen LogP contribution >= 0.6 is 0 Å². The quantitative estimate of drug-likeness (QED) is 0.647. The number of hydrogen-bond donors (Lipinski definition) is 0. The molecule has 4 rings (SSSR count). The van der Waals surface area contributed by atoms with E-state index in [0.29, 0.717) is 32.0 Å². The number of hydrogen-bond acceptors (Lipinski definition) is 7. The number of rotatable bonds is 5. The normalized spacial score (nSPS) is 14.1. The Kier molecular flexibility index (Phi) is 5.37. The smallest absolute Gasteiger partial charge is 0.260 e. The molecule has 2 aromatic heterocycles. The number of piperazine rings is 1. The molecule has 9 nitrogen and oxygen atoms in total. The third-order valence-corrected chi connectivity index (χ3v) is 4.81. The fourth-order valence-corrected chi connectivity index (χ4v) is 3.40. The molecule has 0 spiro atoms. The topological polar surface area (TPSA) is 89.3 Å². The summed E-state index contributed by atoms with van der Waals surface area (Å²) in [5.41, 5.74) is 2.24. The summed E-state index contributed by atoms with van der Waals surface area (Å²) in [5.74, 6) is 2.20. The highest BCUT2D eigenvalue weighted by Crippen LogP contribution is 2.18. The molecule has 29 heavy (non-hydrogen) atoms. The van der Waals surface area contributed by atoms with Crippen molar-refractivity contribution in [2.75, 3.05) is 37.7 Å². The molecular formula is C20H23N7O2. The summed E-state index contributed by atoms with van der Waals surface area (Å²) in [6, 6.07) is 7.84. The van der Waals surface area contributed by atoms with Crippen LogP contribution in [0.2, 0.25) is 0 Å². The van der Waals surface area contributed by atoms with Gasteiger partial charge in [-0.3, -0.25) is 4.79 Å². The van der Waals surface area contributed by atoms with E-state index in [1.807, 2.05) is 36.9 Å². The van der Waals surface area contributed by atoms with Gasteiger partial charge in [-0.2, -0.15) is 5.10 Å². The predicted octanol–water partition coefficient (Wildman–Crippen LogP) is 1.40. The molecule has 0 aliphatic carbocycles. The number of aromatic nitrogens is 5. The van der Waals surface area contributed by atoms with Gasteiger partial charge < -0.3 is 14.5 Å². The Morgan fingerprint density at radius 1 is 0.966 bits per heavy atom. The molecule has 150 valence electrons. The number of anilines is 1. The SMILES string of the molecule is Cc1cc(C)cc(OCC(=O)N2CCN(c3cc(-n4cncn4)ncn3)CC2)c1. The van der Waals surface area contributed by atoms with E-state index >= 15 is 0 Å². The Balaban J connectivity index is 1.32. The molecule has 1 fully saturated rings. The third-order valence-electron chi connectivity index (χ3n) is 4.81. The second-order valence-corrected chi connectivity index (χ2v) is 7.05. The summed E-state index contributed by atoms with van der Waals surface area (Å²) in [7, 11) is 0. The van der Waals surface area contributed by atoms with Gasteiger partial charge in [-0.25, -0.2) is 19.6 Å². The van der Waals surface area contributed by atoms with Crippen LogP contribution in [-0.4, -0.2) is 68.3 Å². The van der Waals surface area contributed by atoms with E-state index in [2.05, 4.69) is 31.0 Å². The molecule has 0 radical (unpaired) electrons. The van der Waals surface area contributed by atoms with Crippen LogP contribution in [0.1, 0.15) is 11.1 Å². The standard InChI is InChI=1S/C20H23N7O2/c1-15-7-16(2)9-17(8-15)29-11-20(28)26-5-3-25(4-6-26)18-10-19(23-13-22-18)27-14-21-12-24-27/h7-10,12-14H,3-6,11H2,1-2H3. The summed E-state index contributed by atoms with van der Waals surface area (Å²) in [6.07, 6.45) is 4.58. The van der Waals surface area contributed by atoms with Gasteiger partial charge >= 0.3 is 0 Å². The van der Waals surface area contributed by atoms with E-state index < -0.39 is 0 Å². The number of amides is 1. The maximum absolute atomic E-state index is 12.5. The van der Waals surface area contributed by atoms with Gasteiger partial charge in [0.25, 0.3) is 5.91 Å². The first-order valence-electron chi connectivity index (χ1n) is 9.49. The molecule has 0 bridgehead atoms. The van der Waals surface area contributed by atoms with Crippen LogP contribution in [0.25, 0.3) is 5.82 Å². The van der Waals surface area contributed by atoms with Crippen molar-refractivity contribution < 1.29 is 9.53 Å². The molecule has 0 N–H and O–H groups in total. The highest BCUT2D eigenvalue weighted by atomic mass is 16.5. The van der Waals surface area contributed by atoms with E-state index in [1.165, 1.54) is 12.7 Å². The highest BCUT2D eigenvalue weighted by Gasteiger charge is 2.22. The molecule has 3 aromatic rings. The minimum Gasteiger partial charge on any atom is -0.484 e. The van der Waals surface area contributed by atoms with E-state index in [1.54, 1.807) is 11.0 Å². The summed E-state index contributed by atoms with van der Waals surface area (Å²) >= 11 is 0. The summed E-state index contributed by atoms with van der Waals surface area (Å²) in [4.78, 5) is 29.0. The number of ether oxygens (including phenoxy) is 1. The molecule has 0 unspecified atom stereocenters. The van der Waals surface area contributed by atoms with Crippen molar-refractivity contribution in [1.82, 2.24) is 29.6 Å². The molecule has 1 aliphatic heterocycles. The van der Waals surface area contributed by atoms with E-state index in [4.69, 9.17) is 4.74 Å². The zero-order chi connectivity index (χ0) is 20.2. The molecule has 1 amide bonds. The van der Waals surface area contributed by atoms with Crippen LogP contribution in [0, 0.1) is 13.8 Å². The van der Waals surface area contributed by atoms with Crippen LogP contribution in [0.4, 0.5) is 5.82 Å². The van der Waals surface area contributed by atoms with Gasteiger partial charge in [0.15, 0.2) is 12.4 Å². The first-order chi connectivity index (χ1) is 14.1. The van der Waals surface area contributed by atoms with Gasteiger partial charge in [0, 0.05) is 32.2 Å². The first-order valence-corrected chi connectivity index (χ1v) is 9.49. The van der Waals surface area contributed by atoms with Gasteiger partial charge in [-0.05, 0) is 37.1 Å². The Hall–Kier alpha value is -3.49. The van der Waals surface area contributed by atoms with Crippen LogP contribution in [0.5, 0.6) is 5.75 Å². The lowest BCUT2D eigenvalue weighted by Gasteiger charge is -2.35. The summed E-state index contributed by atoms with van der Waals surface area (Å²) in [5, 5.41) is 4.09. The minimum absolute atomic E-state index is 0.00481. The average Bonchev–Trinajstić information content (AvgIpc) is 3.27. The zero-order valence-corrected chi connectivity index (χ0v) is 16.5. The fraction of sp³-hybridized carbons (Fsp3) is 0.350. The molecular weight excluding hydrogens is 370 g/mol. The van der Waals surface area contributed by atoms with E-state index in [0.717, 1.165) is 22.7 Å². The van der Waals surface area contributed by atoms with Crippen molar-refractivity contribution in [3.63, 3.8) is 0 Å². The first kappa shape index (κ1) is 18.9. The van der Waals surface area contributed by atoms with E-state index in [-0.39, 0.29) is 12.5 Å². The number of aryl methyl sites for hydroxylation is 2. The fourth-order valence-electron chi connectivity index (χ4n) is 3.40. The molecule has 1 aliphatic rings. The van der Waals surface area contributed by atoms with Gasteiger partial charge in [-0.15, -0.1) is 0 Å². The molecule has 9 heteroatoms. The molecule has 0 atom stereocenters. The summed E-state index contributed by atoms with van der Waals surface area (Å²) < 4.78 is 7.30. The van der Waals surface area contributed by atoms with E-state index in [9.17, 15) is 4.79 Å². The molecule has 1 saturated heterocycles. The van der Waals surface area contributed by atoms with Crippen molar-refractivity contribution in [2.45, 2.75) is 13.8 Å². The van der Waals surface area contributed by atoms with Crippen LogP contribution in [0.3, 0.4) is 0 Å². The molecule has 1 aromatic carbocycles. The van der Waals surface area contributed by atoms with Crippen molar-refractivity contribution >= 4 is 11.7 Å². The minimum atomic E-state index is -0.00481. The van der Waals surface area contributed by atoms with Crippen molar-refractivity contribution in [1.29, 1.82) is 0 Å². The van der Waals surface area contributed by atoms with Crippen LogP contribution in [0.15, 0.2) is 43.2 Å². The number of benzene rings is 1. The van der Waals surface area contributed by atoms with Gasteiger partial charge in [0.1, 0.15) is 30.5 Å². The monoisotopic (exact) mass is 393 g/mol. The summed E-state index contributed by atoms with van der Waals surface area (Å²) in [6.45, 7) is 6.72. The lowest BCUT2D eigenvalue weighted by molar-refractivity contribution is -0.133. The number of carbonyl (C=O) groups excluding carboxylic acids is 1. The van der Waals surface area contributed by atoms with Gasteiger partial charge in [-0.1, -0.05) is 6.07 Å². The lowest BCUT2D eigenvalue weighted by Crippen LogP contribution is -2.50. The highest BCUT2D eigenvalue weighted by molar-refractivity contribution is 5.78. The second kappa shape index (κ2) is 8.26. The second-order valence-electron chi connectivity index (χ2n) is 7.05. The largest absolute Gasteiger partial charge is 0.484 e. The molecule has 3 heterocycles. The van der Waals surface area contributed by atoms with Crippen LogP contribution < -0.4 is 9.64 Å². The Bertz CT molecular complexity index is 962. The molecule has 0 saturated carbocycles. The Morgan fingerprint density at radius 2 is 1.69 bits per heavy atom. The number of carbonyl (C=O) groups is 1. The maximum Gasteiger partial charge on any atom is 0.260 e.